The highest BCUT2D eigenvalue weighted by Gasteiger charge is 2.48. The fourth-order valence-corrected chi connectivity index (χ4v) is 6.59. The van der Waals surface area contributed by atoms with Gasteiger partial charge in [-0.05, 0) is 60.0 Å². The SMILES string of the molecule is CCCCOc1ccc(C(O)=C2C(=O)C(=O)N(c3nnc(SCc4ccccc4Cl)s3)[C@@H]2c2ccc([N+](=O)[O-])cc2)cc1. The lowest BCUT2D eigenvalue weighted by Crippen LogP contribution is -2.29. The number of nitro benzene ring substituents is 1. The summed E-state index contributed by atoms with van der Waals surface area (Å²) >= 11 is 8.75. The number of halogens is 1. The fourth-order valence-electron chi connectivity index (χ4n) is 4.44. The van der Waals surface area contributed by atoms with Crippen LogP contribution in [0.3, 0.4) is 0 Å². The summed E-state index contributed by atoms with van der Waals surface area (Å²) in [4.78, 5) is 38.8. The monoisotopic (exact) mass is 636 g/mol. The summed E-state index contributed by atoms with van der Waals surface area (Å²) in [5, 5.41) is 31.8. The second kappa shape index (κ2) is 13.4. The minimum atomic E-state index is -1.10. The molecule has 4 aromatic rings. The van der Waals surface area contributed by atoms with Crippen LogP contribution in [-0.2, 0) is 15.3 Å². The molecule has 0 aliphatic carbocycles. The van der Waals surface area contributed by atoms with Crippen LogP contribution >= 0.6 is 34.7 Å². The van der Waals surface area contributed by atoms with Crippen LogP contribution in [0.25, 0.3) is 5.76 Å². The lowest BCUT2D eigenvalue weighted by Gasteiger charge is -2.22. The number of carbonyl (C=O) groups is 2. The third-order valence-corrected chi connectivity index (χ3v) is 9.14. The van der Waals surface area contributed by atoms with E-state index in [9.17, 15) is 24.8 Å². The number of thioether (sulfide) groups is 1. The summed E-state index contributed by atoms with van der Waals surface area (Å²) in [6, 6.07) is 18.3. The van der Waals surface area contributed by atoms with Gasteiger partial charge in [-0.25, -0.2) is 0 Å². The molecule has 3 aromatic carbocycles. The van der Waals surface area contributed by atoms with Gasteiger partial charge in [0, 0.05) is 28.5 Å². The number of aliphatic hydroxyl groups is 1. The van der Waals surface area contributed by atoms with E-state index in [0.717, 1.165) is 29.7 Å². The predicted octanol–water partition coefficient (Wildman–Crippen LogP) is 7.20. The molecule has 0 spiro atoms. The minimum Gasteiger partial charge on any atom is -0.507 e. The topological polar surface area (TPSA) is 136 Å². The molecule has 0 radical (unpaired) electrons. The number of unbranched alkanes of at least 4 members (excludes halogenated alkanes) is 1. The predicted molar refractivity (Wildman–Crippen MR) is 166 cm³/mol. The maximum Gasteiger partial charge on any atom is 0.301 e. The molecule has 1 fully saturated rings. The van der Waals surface area contributed by atoms with E-state index in [1.165, 1.54) is 40.9 Å². The first kappa shape index (κ1) is 30.2. The lowest BCUT2D eigenvalue weighted by molar-refractivity contribution is -0.384. The number of hydrogen-bond acceptors (Lipinski definition) is 10. The number of amides is 1. The summed E-state index contributed by atoms with van der Waals surface area (Å²) in [6.45, 7) is 2.61. The maximum atomic E-state index is 13.5. The van der Waals surface area contributed by atoms with Crippen LogP contribution in [0, 0.1) is 10.1 Å². The van der Waals surface area contributed by atoms with Gasteiger partial charge in [0.2, 0.25) is 5.13 Å². The zero-order valence-corrected chi connectivity index (χ0v) is 25.2. The molecule has 2 heterocycles. The van der Waals surface area contributed by atoms with Gasteiger partial charge in [0.05, 0.1) is 23.1 Å². The first-order chi connectivity index (χ1) is 20.8. The summed E-state index contributed by atoms with van der Waals surface area (Å²) in [6.07, 6.45) is 1.88. The van der Waals surface area contributed by atoms with Crippen molar-refractivity contribution in [2.24, 2.45) is 0 Å². The Hall–Kier alpha value is -4.26. The number of rotatable bonds is 11. The van der Waals surface area contributed by atoms with E-state index >= 15 is 0 Å². The van der Waals surface area contributed by atoms with Crippen molar-refractivity contribution in [1.82, 2.24) is 10.2 Å². The highest BCUT2D eigenvalue weighted by Crippen LogP contribution is 2.44. The van der Waals surface area contributed by atoms with E-state index in [-0.39, 0.29) is 22.2 Å². The number of ether oxygens (including phenoxy) is 1. The van der Waals surface area contributed by atoms with E-state index in [0.29, 0.717) is 38.6 Å². The molecule has 1 N–H and O–H groups in total. The first-order valence-electron chi connectivity index (χ1n) is 13.3. The molecule has 1 atom stereocenters. The normalized spacial score (nSPS) is 16.0. The zero-order chi connectivity index (χ0) is 30.5. The van der Waals surface area contributed by atoms with E-state index in [1.807, 2.05) is 18.2 Å². The zero-order valence-electron chi connectivity index (χ0n) is 22.8. The van der Waals surface area contributed by atoms with E-state index in [2.05, 4.69) is 17.1 Å². The molecule has 10 nitrogen and oxygen atoms in total. The third-order valence-electron chi connectivity index (χ3n) is 6.67. The van der Waals surface area contributed by atoms with Gasteiger partial charge in [-0.3, -0.25) is 24.6 Å². The summed E-state index contributed by atoms with van der Waals surface area (Å²) in [5.74, 6) is -1.08. The van der Waals surface area contributed by atoms with E-state index in [4.69, 9.17) is 16.3 Å². The summed E-state index contributed by atoms with van der Waals surface area (Å²) in [7, 11) is 0. The number of carbonyl (C=O) groups excluding carboxylic acids is 2. The van der Waals surface area contributed by atoms with Crippen molar-refractivity contribution in [2.75, 3.05) is 11.5 Å². The van der Waals surface area contributed by atoms with Crippen molar-refractivity contribution in [3.63, 3.8) is 0 Å². The second-order valence-corrected chi connectivity index (χ2v) is 12.1. The third kappa shape index (κ3) is 6.56. The van der Waals surface area contributed by atoms with Gasteiger partial charge in [0.1, 0.15) is 11.5 Å². The van der Waals surface area contributed by atoms with Gasteiger partial charge in [-0.1, -0.05) is 66.2 Å². The van der Waals surface area contributed by atoms with Gasteiger partial charge in [-0.15, -0.1) is 10.2 Å². The standard InChI is InChI=1S/C30H25ClN4O6S2/c1-2-3-16-41-22-14-10-19(11-15-22)26(36)24-25(18-8-12-21(13-9-18)35(39)40)34(28(38)27(24)37)29-32-33-30(43-29)42-17-20-6-4-5-7-23(20)31/h4-15,25,36H,2-3,16-17H2,1H3/t25-/m1/s1. The summed E-state index contributed by atoms with van der Waals surface area (Å²) < 4.78 is 6.23. The number of nitro groups is 1. The van der Waals surface area contributed by atoms with Crippen LogP contribution < -0.4 is 9.64 Å². The number of nitrogens with zero attached hydrogens (tertiary/aromatic N) is 4. The fraction of sp³-hybridized carbons (Fsp3) is 0.200. The Morgan fingerprint density at radius 3 is 2.49 bits per heavy atom. The van der Waals surface area contributed by atoms with Crippen molar-refractivity contribution in [1.29, 1.82) is 0 Å². The van der Waals surface area contributed by atoms with Gasteiger partial charge >= 0.3 is 5.91 Å². The van der Waals surface area contributed by atoms with Crippen LogP contribution in [0.15, 0.2) is 82.7 Å². The molecule has 5 rings (SSSR count). The smallest absolute Gasteiger partial charge is 0.301 e. The van der Waals surface area contributed by atoms with Crippen LogP contribution in [0.5, 0.6) is 5.75 Å². The molecule has 43 heavy (non-hydrogen) atoms. The van der Waals surface area contributed by atoms with Crippen molar-refractivity contribution in [2.45, 2.75) is 35.9 Å². The number of ketones is 1. The Morgan fingerprint density at radius 1 is 1.09 bits per heavy atom. The summed E-state index contributed by atoms with van der Waals surface area (Å²) in [5.41, 5.74) is 1.26. The Balaban J connectivity index is 1.51. The van der Waals surface area contributed by atoms with Crippen molar-refractivity contribution >= 4 is 63.0 Å². The quantitative estimate of drug-likeness (QED) is 0.0265. The van der Waals surface area contributed by atoms with Crippen molar-refractivity contribution in [3.8, 4) is 5.75 Å². The molecule has 1 aliphatic rings. The Labute approximate surface area is 260 Å². The minimum absolute atomic E-state index is 0.144. The van der Waals surface area contributed by atoms with E-state index < -0.39 is 22.7 Å². The number of Topliss-reactive ketones (excluding diaryl/α,β-unsaturated/α-hetero) is 1. The molecule has 1 aromatic heterocycles. The molecule has 1 amide bonds. The highest BCUT2D eigenvalue weighted by molar-refractivity contribution is 8.00. The number of aromatic nitrogens is 2. The molecular weight excluding hydrogens is 612 g/mol. The molecule has 13 heteroatoms. The van der Waals surface area contributed by atoms with Crippen molar-refractivity contribution < 1.29 is 24.4 Å². The van der Waals surface area contributed by atoms with Crippen LogP contribution in [0.2, 0.25) is 5.02 Å². The van der Waals surface area contributed by atoms with Crippen LogP contribution in [-0.4, -0.2) is 38.5 Å². The van der Waals surface area contributed by atoms with Crippen LogP contribution in [0.1, 0.15) is 42.5 Å². The van der Waals surface area contributed by atoms with Gasteiger partial charge in [0.15, 0.2) is 4.34 Å². The average molecular weight is 637 g/mol. The molecule has 0 saturated carbocycles. The number of benzene rings is 3. The Bertz CT molecular complexity index is 1690. The van der Waals surface area contributed by atoms with Gasteiger partial charge < -0.3 is 9.84 Å². The number of hydrogen-bond donors (Lipinski definition) is 1. The second-order valence-electron chi connectivity index (χ2n) is 9.47. The molecule has 1 saturated heterocycles. The highest BCUT2D eigenvalue weighted by atomic mass is 35.5. The maximum absolute atomic E-state index is 13.5. The van der Waals surface area contributed by atoms with Crippen LogP contribution in [0.4, 0.5) is 10.8 Å². The number of aliphatic hydroxyl groups excluding tert-OH is 1. The Kier molecular flexibility index (Phi) is 9.39. The van der Waals surface area contributed by atoms with E-state index in [1.54, 1.807) is 30.3 Å². The molecule has 0 unspecified atom stereocenters. The van der Waals surface area contributed by atoms with Crippen molar-refractivity contribution in [3.05, 3.63) is 110 Å². The molecular formula is C30H25ClN4O6S2. The average Bonchev–Trinajstić information content (AvgIpc) is 3.58. The number of non-ortho nitro benzene ring substituents is 1. The van der Waals surface area contributed by atoms with Gasteiger partial charge in [-0.2, -0.15) is 0 Å². The number of anilines is 1. The lowest BCUT2D eigenvalue weighted by atomic mass is 9.95. The molecule has 1 aliphatic heterocycles. The van der Waals surface area contributed by atoms with Gasteiger partial charge in [0.25, 0.3) is 11.5 Å². The Morgan fingerprint density at radius 2 is 1.81 bits per heavy atom. The molecule has 0 bridgehead atoms. The molecule has 220 valence electrons. The first-order valence-corrected chi connectivity index (χ1v) is 15.4. The largest absolute Gasteiger partial charge is 0.507 e.